The Morgan fingerprint density at radius 2 is 2.05 bits per heavy atom. The Morgan fingerprint density at radius 3 is 2.90 bits per heavy atom. The van der Waals surface area contributed by atoms with E-state index in [1.54, 1.807) is 5.51 Å². The minimum absolute atomic E-state index is 0.264. The fourth-order valence-corrected chi connectivity index (χ4v) is 3.37. The van der Waals surface area contributed by atoms with Crippen LogP contribution in [0.1, 0.15) is 0 Å². The standard InChI is InChI=1S/C15H14N2O2S2/c18-12(9-20-15-17-16-10-21-15)8-19-14-7-3-5-11-4-1-2-6-13(11)14/h1-7,10,12,18H,8-9H2. The molecular weight excluding hydrogens is 304 g/mol. The lowest BCUT2D eigenvalue weighted by molar-refractivity contribution is 0.127. The smallest absolute Gasteiger partial charge is 0.174 e. The third-order valence-corrected chi connectivity index (χ3v) is 4.93. The molecule has 0 aliphatic rings. The molecule has 0 saturated carbocycles. The minimum atomic E-state index is -0.544. The number of rotatable bonds is 6. The van der Waals surface area contributed by atoms with Crippen molar-refractivity contribution in [3.8, 4) is 5.75 Å². The monoisotopic (exact) mass is 318 g/mol. The minimum Gasteiger partial charge on any atom is -0.490 e. The number of aliphatic hydroxyl groups is 1. The first kappa shape index (κ1) is 14.3. The molecule has 108 valence electrons. The van der Waals surface area contributed by atoms with Gasteiger partial charge < -0.3 is 9.84 Å². The lowest BCUT2D eigenvalue weighted by Crippen LogP contribution is -2.20. The Balaban J connectivity index is 1.58. The zero-order valence-corrected chi connectivity index (χ0v) is 12.8. The van der Waals surface area contributed by atoms with Crippen molar-refractivity contribution in [3.05, 3.63) is 48.0 Å². The van der Waals surface area contributed by atoms with Crippen LogP contribution in [-0.2, 0) is 0 Å². The van der Waals surface area contributed by atoms with Gasteiger partial charge in [0.2, 0.25) is 0 Å². The third-order valence-electron chi connectivity index (χ3n) is 2.92. The van der Waals surface area contributed by atoms with E-state index in [0.717, 1.165) is 20.9 Å². The first-order chi connectivity index (χ1) is 10.3. The van der Waals surface area contributed by atoms with E-state index in [9.17, 15) is 5.11 Å². The molecule has 1 N–H and O–H groups in total. The van der Waals surface area contributed by atoms with Crippen molar-refractivity contribution in [3.63, 3.8) is 0 Å². The van der Waals surface area contributed by atoms with Gasteiger partial charge in [-0.05, 0) is 11.5 Å². The van der Waals surface area contributed by atoms with E-state index >= 15 is 0 Å². The first-order valence-electron chi connectivity index (χ1n) is 6.50. The predicted octanol–water partition coefficient (Wildman–Crippen LogP) is 3.22. The van der Waals surface area contributed by atoms with Crippen molar-refractivity contribution >= 4 is 33.9 Å². The highest BCUT2D eigenvalue weighted by molar-refractivity contribution is 8.01. The van der Waals surface area contributed by atoms with Gasteiger partial charge in [-0.3, -0.25) is 0 Å². The summed E-state index contributed by atoms with van der Waals surface area (Å²) in [5.74, 6) is 1.34. The summed E-state index contributed by atoms with van der Waals surface area (Å²) in [5.41, 5.74) is 1.68. The fourth-order valence-electron chi connectivity index (χ4n) is 1.95. The van der Waals surface area contributed by atoms with Crippen LogP contribution < -0.4 is 4.74 Å². The van der Waals surface area contributed by atoms with Crippen LogP contribution in [0, 0.1) is 0 Å². The van der Waals surface area contributed by atoms with E-state index in [0.29, 0.717) is 5.75 Å². The highest BCUT2D eigenvalue weighted by atomic mass is 32.2. The molecule has 0 bridgehead atoms. The van der Waals surface area contributed by atoms with Crippen LogP contribution >= 0.6 is 23.1 Å². The summed E-state index contributed by atoms with van der Waals surface area (Å²) in [6, 6.07) is 14.0. The van der Waals surface area contributed by atoms with Crippen LogP contribution in [0.5, 0.6) is 5.75 Å². The Bertz CT molecular complexity index is 698. The number of aromatic nitrogens is 2. The second kappa shape index (κ2) is 6.89. The molecule has 0 fully saturated rings. The van der Waals surface area contributed by atoms with E-state index in [1.165, 1.54) is 23.1 Å². The van der Waals surface area contributed by atoms with Gasteiger partial charge in [-0.1, -0.05) is 59.5 Å². The lowest BCUT2D eigenvalue weighted by Gasteiger charge is -2.13. The van der Waals surface area contributed by atoms with Gasteiger partial charge in [0.1, 0.15) is 17.9 Å². The Morgan fingerprint density at radius 1 is 1.19 bits per heavy atom. The van der Waals surface area contributed by atoms with Crippen molar-refractivity contribution in [1.82, 2.24) is 10.2 Å². The quantitative estimate of drug-likeness (QED) is 0.707. The average Bonchev–Trinajstić information content (AvgIpc) is 3.04. The van der Waals surface area contributed by atoms with Crippen molar-refractivity contribution in [2.24, 2.45) is 0 Å². The number of thioether (sulfide) groups is 1. The van der Waals surface area contributed by atoms with Gasteiger partial charge in [-0.25, -0.2) is 0 Å². The highest BCUT2D eigenvalue weighted by Crippen LogP contribution is 2.25. The lowest BCUT2D eigenvalue weighted by atomic mass is 10.1. The van der Waals surface area contributed by atoms with Crippen LogP contribution in [0.25, 0.3) is 10.8 Å². The number of hydrogen-bond donors (Lipinski definition) is 1. The van der Waals surface area contributed by atoms with Crippen LogP contribution in [0.15, 0.2) is 52.3 Å². The molecule has 1 aromatic heterocycles. The Labute approximate surface area is 130 Å². The van der Waals surface area contributed by atoms with E-state index in [4.69, 9.17) is 4.74 Å². The predicted molar refractivity (Wildman–Crippen MR) is 86.1 cm³/mol. The summed E-state index contributed by atoms with van der Waals surface area (Å²) >= 11 is 2.96. The molecule has 0 radical (unpaired) electrons. The fraction of sp³-hybridized carbons (Fsp3) is 0.200. The molecule has 6 heteroatoms. The molecule has 2 aromatic carbocycles. The molecule has 0 saturated heterocycles. The summed E-state index contributed by atoms with van der Waals surface area (Å²) in [6.45, 7) is 0.264. The van der Waals surface area contributed by atoms with E-state index in [-0.39, 0.29) is 6.61 Å². The molecule has 1 unspecified atom stereocenters. The number of aliphatic hydroxyl groups excluding tert-OH is 1. The molecule has 21 heavy (non-hydrogen) atoms. The van der Waals surface area contributed by atoms with E-state index < -0.39 is 6.10 Å². The topological polar surface area (TPSA) is 55.2 Å². The Kier molecular flexibility index (Phi) is 4.69. The molecule has 0 amide bonds. The summed E-state index contributed by atoms with van der Waals surface area (Å²) in [7, 11) is 0. The molecular formula is C15H14N2O2S2. The number of ether oxygens (including phenoxy) is 1. The molecule has 0 spiro atoms. The van der Waals surface area contributed by atoms with Crippen molar-refractivity contribution in [2.75, 3.05) is 12.4 Å². The highest BCUT2D eigenvalue weighted by Gasteiger charge is 2.09. The van der Waals surface area contributed by atoms with Gasteiger partial charge in [0.25, 0.3) is 0 Å². The molecule has 3 rings (SSSR count). The second-order valence-corrected chi connectivity index (χ2v) is 6.56. The zero-order valence-electron chi connectivity index (χ0n) is 11.2. The van der Waals surface area contributed by atoms with Crippen molar-refractivity contribution in [1.29, 1.82) is 0 Å². The van der Waals surface area contributed by atoms with Crippen LogP contribution in [0.2, 0.25) is 0 Å². The number of nitrogens with zero attached hydrogens (tertiary/aromatic N) is 2. The molecule has 0 aliphatic heterocycles. The SMILES string of the molecule is OC(COc1cccc2ccccc12)CSc1nncs1. The van der Waals surface area contributed by atoms with Crippen molar-refractivity contribution in [2.45, 2.75) is 10.4 Å². The van der Waals surface area contributed by atoms with Crippen molar-refractivity contribution < 1.29 is 9.84 Å². The molecule has 4 nitrogen and oxygen atoms in total. The summed E-state index contributed by atoms with van der Waals surface area (Å²) < 4.78 is 6.62. The van der Waals surface area contributed by atoms with Gasteiger partial charge >= 0.3 is 0 Å². The zero-order chi connectivity index (χ0) is 14.5. The second-order valence-electron chi connectivity index (χ2n) is 4.46. The number of hydrogen-bond acceptors (Lipinski definition) is 6. The largest absolute Gasteiger partial charge is 0.490 e. The van der Waals surface area contributed by atoms with Crippen LogP contribution in [-0.4, -0.2) is 33.8 Å². The number of benzene rings is 2. The normalized spacial score (nSPS) is 12.4. The van der Waals surface area contributed by atoms with Gasteiger partial charge in [-0.2, -0.15) is 0 Å². The van der Waals surface area contributed by atoms with E-state index in [2.05, 4.69) is 10.2 Å². The van der Waals surface area contributed by atoms with Gasteiger partial charge in [0, 0.05) is 11.1 Å². The maximum atomic E-state index is 9.99. The Hall–Kier alpha value is -1.63. The molecule has 1 heterocycles. The van der Waals surface area contributed by atoms with Crippen LogP contribution in [0.3, 0.4) is 0 Å². The van der Waals surface area contributed by atoms with Gasteiger partial charge in [-0.15, -0.1) is 10.2 Å². The third kappa shape index (κ3) is 3.72. The maximum Gasteiger partial charge on any atom is 0.174 e. The summed E-state index contributed by atoms with van der Waals surface area (Å²) in [6.07, 6.45) is -0.544. The van der Waals surface area contributed by atoms with Gasteiger partial charge in [0.15, 0.2) is 4.34 Å². The van der Waals surface area contributed by atoms with E-state index in [1.807, 2.05) is 42.5 Å². The molecule has 0 aliphatic carbocycles. The summed E-state index contributed by atoms with van der Waals surface area (Å²) in [5, 5.41) is 19.9. The molecule has 1 atom stereocenters. The first-order valence-corrected chi connectivity index (χ1v) is 8.37. The van der Waals surface area contributed by atoms with Gasteiger partial charge in [0.05, 0.1) is 6.10 Å². The maximum absolute atomic E-state index is 9.99. The van der Waals surface area contributed by atoms with Crippen LogP contribution in [0.4, 0.5) is 0 Å². The number of fused-ring (bicyclic) bond motifs is 1. The average molecular weight is 318 g/mol. The summed E-state index contributed by atoms with van der Waals surface area (Å²) in [4.78, 5) is 0. The molecule has 3 aromatic rings.